The monoisotopic (exact) mass is 492 g/mol. The van der Waals surface area contributed by atoms with Crippen molar-refractivity contribution < 1.29 is 13.2 Å². The minimum Gasteiger partial charge on any atom is -0.313 e. The zero-order chi connectivity index (χ0) is 25.0. The summed E-state index contributed by atoms with van der Waals surface area (Å²) in [5.74, 6) is 0.0979. The standard InChI is InChI=1S/C25H19F3N6O2/c26-25(27,28)4-3-13-8-14(9-20-15(13)2-1-5-29-20)16-10-17(16)18-11-21(33-34-7-6-30-22(18)34)19-12-31-24(36)32-23(19)35/h1-2,5-9,11-12,16-17H,3-4,10H2,(H2,31,32,35,36)/t16-,17+/m1/s1. The topological polar surface area (TPSA) is 109 Å². The Hall–Kier alpha value is -4.28. The zero-order valence-electron chi connectivity index (χ0n) is 18.7. The van der Waals surface area contributed by atoms with E-state index in [2.05, 4.69) is 25.0 Å². The highest BCUT2D eigenvalue weighted by Gasteiger charge is 2.42. The number of H-pyrrole nitrogens is 2. The Labute approximate surface area is 200 Å². The van der Waals surface area contributed by atoms with Crippen LogP contribution < -0.4 is 11.2 Å². The van der Waals surface area contributed by atoms with Gasteiger partial charge in [0.05, 0.1) is 16.8 Å². The van der Waals surface area contributed by atoms with Crippen molar-refractivity contribution >= 4 is 16.6 Å². The number of hydrogen-bond donors (Lipinski definition) is 2. The highest BCUT2D eigenvalue weighted by atomic mass is 19.4. The molecule has 8 nitrogen and oxygen atoms in total. The third-order valence-electron chi connectivity index (χ3n) is 6.61. The molecule has 2 atom stereocenters. The van der Waals surface area contributed by atoms with Gasteiger partial charge in [0.15, 0.2) is 5.65 Å². The summed E-state index contributed by atoms with van der Waals surface area (Å²) in [6.07, 6.45) is 1.75. The van der Waals surface area contributed by atoms with Crippen LogP contribution in [0.3, 0.4) is 0 Å². The summed E-state index contributed by atoms with van der Waals surface area (Å²) in [4.78, 5) is 37.3. The SMILES string of the molecule is O=c1[nH]cc(-c2cc([C@H]3C[C@@H]3c3cc(CCC(F)(F)F)c4cccnc4c3)c3nccn3n2)c(=O)[nH]1. The summed E-state index contributed by atoms with van der Waals surface area (Å²) in [5, 5.41) is 5.19. The van der Waals surface area contributed by atoms with Gasteiger partial charge >= 0.3 is 11.9 Å². The zero-order valence-corrected chi connectivity index (χ0v) is 18.7. The molecule has 4 heterocycles. The van der Waals surface area contributed by atoms with Gasteiger partial charge in [0, 0.05) is 42.2 Å². The highest BCUT2D eigenvalue weighted by molar-refractivity contribution is 5.83. The third kappa shape index (κ3) is 4.06. The molecule has 0 bridgehead atoms. The molecule has 0 spiro atoms. The van der Waals surface area contributed by atoms with Crippen molar-refractivity contribution in [2.75, 3.05) is 0 Å². The molecule has 5 aromatic rings. The Bertz CT molecular complexity index is 1740. The van der Waals surface area contributed by atoms with Crippen LogP contribution in [-0.2, 0) is 6.42 Å². The molecule has 182 valence electrons. The lowest BCUT2D eigenvalue weighted by atomic mass is 9.96. The molecular weight excluding hydrogens is 473 g/mol. The van der Waals surface area contributed by atoms with Crippen LogP contribution in [-0.4, -0.2) is 35.7 Å². The van der Waals surface area contributed by atoms with Crippen LogP contribution >= 0.6 is 0 Å². The van der Waals surface area contributed by atoms with Crippen molar-refractivity contribution in [3.05, 3.63) is 92.6 Å². The molecular formula is C25H19F3N6O2. The molecule has 0 aliphatic heterocycles. The van der Waals surface area contributed by atoms with Gasteiger partial charge in [-0.1, -0.05) is 12.1 Å². The summed E-state index contributed by atoms with van der Waals surface area (Å²) in [6, 6.07) is 9.12. The average Bonchev–Trinajstić information content (AvgIpc) is 3.49. The Balaban J connectivity index is 1.40. The number of benzene rings is 1. The second-order valence-electron chi connectivity index (χ2n) is 8.98. The molecule has 2 N–H and O–H groups in total. The van der Waals surface area contributed by atoms with Crippen LogP contribution in [0.5, 0.6) is 0 Å². The Morgan fingerprint density at radius 3 is 2.75 bits per heavy atom. The summed E-state index contributed by atoms with van der Waals surface area (Å²) < 4.78 is 40.5. The van der Waals surface area contributed by atoms with Gasteiger partial charge in [0.25, 0.3) is 5.56 Å². The molecule has 4 aromatic heterocycles. The number of pyridine rings is 1. The maximum Gasteiger partial charge on any atom is 0.389 e. The number of nitrogens with zero attached hydrogens (tertiary/aromatic N) is 4. The Morgan fingerprint density at radius 2 is 1.94 bits per heavy atom. The lowest BCUT2D eigenvalue weighted by Crippen LogP contribution is -2.23. The lowest BCUT2D eigenvalue weighted by Gasteiger charge is -2.12. The lowest BCUT2D eigenvalue weighted by molar-refractivity contribution is -0.133. The molecule has 1 aliphatic rings. The summed E-state index contributed by atoms with van der Waals surface area (Å²) in [5.41, 5.74) is 3.16. The molecule has 6 rings (SSSR count). The number of fused-ring (bicyclic) bond motifs is 2. The fraction of sp³-hybridized carbons (Fsp3) is 0.240. The van der Waals surface area contributed by atoms with E-state index in [0.717, 1.165) is 22.9 Å². The third-order valence-corrected chi connectivity index (χ3v) is 6.61. The van der Waals surface area contributed by atoms with Gasteiger partial charge in [-0.05, 0) is 54.0 Å². The van der Waals surface area contributed by atoms with Gasteiger partial charge in [-0.25, -0.2) is 14.3 Å². The molecule has 1 saturated carbocycles. The number of imidazole rings is 1. The number of aryl methyl sites for hydroxylation is 1. The van der Waals surface area contributed by atoms with E-state index >= 15 is 0 Å². The second kappa shape index (κ2) is 8.14. The summed E-state index contributed by atoms with van der Waals surface area (Å²) >= 11 is 0. The van der Waals surface area contributed by atoms with Gasteiger partial charge in [0.2, 0.25) is 0 Å². The molecule has 1 aromatic carbocycles. The molecule has 1 aliphatic carbocycles. The first-order chi connectivity index (χ1) is 17.3. The molecule has 0 amide bonds. The minimum absolute atomic E-state index is 0.0371. The predicted octanol–water partition coefficient (Wildman–Crippen LogP) is 4.09. The fourth-order valence-corrected chi connectivity index (χ4v) is 4.83. The molecule has 11 heteroatoms. The van der Waals surface area contributed by atoms with E-state index in [1.54, 1.807) is 41.3 Å². The van der Waals surface area contributed by atoms with Crippen LogP contribution in [0.4, 0.5) is 13.2 Å². The van der Waals surface area contributed by atoms with Crippen molar-refractivity contribution in [3.8, 4) is 11.3 Å². The van der Waals surface area contributed by atoms with E-state index in [4.69, 9.17) is 0 Å². The van der Waals surface area contributed by atoms with E-state index < -0.39 is 23.8 Å². The molecule has 0 radical (unpaired) electrons. The molecule has 0 saturated heterocycles. The summed E-state index contributed by atoms with van der Waals surface area (Å²) in [6.45, 7) is 0. The summed E-state index contributed by atoms with van der Waals surface area (Å²) in [7, 11) is 0. The maximum absolute atomic E-state index is 13.0. The van der Waals surface area contributed by atoms with Gasteiger partial charge < -0.3 is 4.98 Å². The normalized spacial score (nSPS) is 17.6. The van der Waals surface area contributed by atoms with Crippen molar-refractivity contribution in [2.45, 2.75) is 37.3 Å². The molecule has 36 heavy (non-hydrogen) atoms. The first-order valence-corrected chi connectivity index (χ1v) is 11.4. The van der Waals surface area contributed by atoms with Crippen LogP contribution in [0.2, 0.25) is 0 Å². The Kier molecular flexibility index (Phi) is 5.02. The van der Waals surface area contributed by atoms with E-state index in [-0.39, 0.29) is 23.8 Å². The first kappa shape index (κ1) is 22.2. The van der Waals surface area contributed by atoms with E-state index in [1.165, 1.54) is 6.20 Å². The number of halogens is 3. The van der Waals surface area contributed by atoms with Gasteiger partial charge in [-0.15, -0.1) is 0 Å². The number of aromatic nitrogens is 6. The van der Waals surface area contributed by atoms with Gasteiger partial charge in [-0.2, -0.15) is 18.3 Å². The van der Waals surface area contributed by atoms with Crippen LogP contribution in [0.25, 0.3) is 27.8 Å². The van der Waals surface area contributed by atoms with E-state index in [9.17, 15) is 22.8 Å². The van der Waals surface area contributed by atoms with Crippen LogP contribution in [0, 0.1) is 0 Å². The van der Waals surface area contributed by atoms with E-state index in [1.807, 2.05) is 12.1 Å². The van der Waals surface area contributed by atoms with Crippen LogP contribution in [0.1, 0.15) is 41.4 Å². The van der Waals surface area contributed by atoms with E-state index in [0.29, 0.717) is 22.4 Å². The second-order valence-corrected chi connectivity index (χ2v) is 8.98. The van der Waals surface area contributed by atoms with Gasteiger partial charge in [-0.3, -0.25) is 14.8 Å². The van der Waals surface area contributed by atoms with Gasteiger partial charge in [0.1, 0.15) is 0 Å². The van der Waals surface area contributed by atoms with Crippen molar-refractivity contribution in [2.24, 2.45) is 0 Å². The van der Waals surface area contributed by atoms with Crippen LogP contribution in [0.15, 0.2) is 64.7 Å². The maximum atomic E-state index is 13.0. The average molecular weight is 492 g/mol. The fourth-order valence-electron chi connectivity index (χ4n) is 4.83. The largest absolute Gasteiger partial charge is 0.389 e. The molecule has 0 unspecified atom stereocenters. The number of aromatic amines is 2. The highest BCUT2D eigenvalue weighted by Crippen LogP contribution is 2.56. The number of rotatable bonds is 5. The molecule has 1 fully saturated rings. The quantitative estimate of drug-likeness (QED) is 0.384. The van der Waals surface area contributed by atoms with Crippen molar-refractivity contribution in [1.29, 1.82) is 0 Å². The van der Waals surface area contributed by atoms with Crippen molar-refractivity contribution in [1.82, 2.24) is 29.5 Å². The smallest absolute Gasteiger partial charge is 0.313 e. The first-order valence-electron chi connectivity index (χ1n) is 11.4. The van der Waals surface area contributed by atoms with Crippen molar-refractivity contribution in [3.63, 3.8) is 0 Å². The minimum atomic E-state index is -4.24. The number of hydrogen-bond acceptors (Lipinski definition) is 5. The Morgan fingerprint density at radius 1 is 1.08 bits per heavy atom. The number of nitrogens with one attached hydrogen (secondary N) is 2. The predicted molar refractivity (Wildman–Crippen MR) is 126 cm³/mol. The number of alkyl halides is 3.